The molecule has 1 saturated heterocycles. The Kier molecular flexibility index (Phi) is 5.55. The number of aromatic nitrogens is 3. The van der Waals surface area contributed by atoms with E-state index in [1.807, 2.05) is 0 Å². The molecule has 1 atom stereocenters. The first-order valence-corrected chi connectivity index (χ1v) is 8.56. The summed E-state index contributed by atoms with van der Waals surface area (Å²) in [5.41, 5.74) is 1.33. The van der Waals surface area contributed by atoms with Gasteiger partial charge in [0.25, 0.3) is 0 Å². The number of rotatable bonds is 6. The molecule has 0 radical (unpaired) electrons. The summed E-state index contributed by atoms with van der Waals surface area (Å²) in [5, 5.41) is 9.13. The van der Waals surface area contributed by atoms with E-state index < -0.39 is 5.97 Å². The average Bonchev–Trinajstić information content (AvgIpc) is 2.67. The number of carboxylic acids is 1. The largest absolute Gasteiger partial charge is 0.478 e. The van der Waals surface area contributed by atoms with E-state index in [0.29, 0.717) is 17.3 Å². The topological polar surface area (TPSA) is 88.4 Å². The first-order chi connectivity index (χ1) is 12.2. The maximum Gasteiger partial charge on any atom is 0.335 e. The van der Waals surface area contributed by atoms with E-state index >= 15 is 0 Å². The highest BCUT2D eigenvalue weighted by molar-refractivity contribution is 5.88. The van der Waals surface area contributed by atoms with Crippen molar-refractivity contribution in [1.29, 1.82) is 0 Å². The molecule has 1 aliphatic rings. The lowest BCUT2D eigenvalue weighted by Crippen LogP contribution is -2.40. The Labute approximate surface area is 146 Å². The Balaban J connectivity index is 1.79. The Morgan fingerprint density at radius 3 is 2.96 bits per heavy atom. The quantitative estimate of drug-likeness (QED) is 0.863. The summed E-state index contributed by atoms with van der Waals surface area (Å²) >= 11 is 0. The van der Waals surface area contributed by atoms with Gasteiger partial charge >= 0.3 is 5.97 Å². The summed E-state index contributed by atoms with van der Waals surface area (Å²) < 4.78 is 5.87. The number of hydrogen-bond donors (Lipinski definition) is 1. The zero-order chi connectivity index (χ0) is 17.6. The lowest BCUT2D eigenvalue weighted by molar-refractivity contribution is 0.0437. The molecule has 3 heterocycles. The summed E-state index contributed by atoms with van der Waals surface area (Å²) in [6, 6.07) is 4.73. The van der Waals surface area contributed by atoms with Crippen LogP contribution in [0.15, 0.2) is 30.6 Å². The predicted octanol–water partition coefficient (Wildman–Crippen LogP) is 2.63. The van der Waals surface area contributed by atoms with Crippen molar-refractivity contribution < 1.29 is 14.6 Å². The molecular formula is C18H22N4O3. The highest BCUT2D eigenvalue weighted by Crippen LogP contribution is 2.21. The van der Waals surface area contributed by atoms with Gasteiger partial charge < -0.3 is 14.7 Å². The molecule has 3 rings (SSSR count). The molecule has 1 fully saturated rings. The van der Waals surface area contributed by atoms with Crippen molar-refractivity contribution in [1.82, 2.24) is 15.0 Å². The standard InChI is InChI=1S/C18H22N4O3/c1-2-10-25-14-4-3-9-22(12-14)18-20-8-6-15(21-18)16-11-13(17(23)24)5-7-19-16/h5-8,11,14H,2-4,9-10,12H2,1H3,(H,23,24). The van der Waals surface area contributed by atoms with Gasteiger partial charge in [0.05, 0.1) is 23.1 Å². The summed E-state index contributed by atoms with van der Waals surface area (Å²) in [6.07, 6.45) is 6.47. The highest BCUT2D eigenvalue weighted by atomic mass is 16.5. The molecule has 1 aliphatic heterocycles. The number of carboxylic acid groups (broad SMARTS) is 1. The predicted molar refractivity (Wildman–Crippen MR) is 93.7 cm³/mol. The van der Waals surface area contributed by atoms with Crippen molar-refractivity contribution in [3.8, 4) is 11.4 Å². The summed E-state index contributed by atoms with van der Waals surface area (Å²) in [6.45, 7) is 4.53. The number of hydrogen-bond acceptors (Lipinski definition) is 6. The first-order valence-electron chi connectivity index (χ1n) is 8.56. The van der Waals surface area contributed by atoms with Gasteiger partial charge in [0, 0.05) is 32.1 Å². The number of anilines is 1. The molecule has 0 bridgehead atoms. The summed E-state index contributed by atoms with van der Waals surface area (Å²) in [5.74, 6) is -0.352. The fraction of sp³-hybridized carbons (Fsp3) is 0.444. The van der Waals surface area contributed by atoms with Crippen molar-refractivity contribution in [2.24, 2.45) is 0 Å². The second-order valence-corrected chi connectivity index (χ2v) is 6.06. The van der Waals surface area contributed by atoms with Crippen LogP contribution in [0.2, 0.25) is 0 Å². The molecule has 0 saturated carbocycles. The van der Waals surface area contributed by atoms with Crippen molar-refractivity contribution in [2.75, 3.05) is 24.6 Å². The van der Waals surface area contributed by atoms with Gasteiger partial charge in [-0.3, -0.25) is 4.98 Å². The van der Waals surface area contributed by atoms with E-state index in [4.69, 9.17) is 9.84 Å². The molecule has 25 heavy (non-hydrogen) atoms. The Morgan fingerprint density at radius 2 is 2.16 bits per heavy atom. The smallest absolute Gasteiger partial charge is 0.335 e. The van der Waals surface area contributed by atoms with Gasteiger partial charge in [-0.2, -0.15) is 0 Å². The van der Waals surface area contributed by atoms with Crippen LogP contribution in [0.3, 0.4) is 0 Å². The molecule has 1 N–H and O–H groups in total. The van der Waals surface area contributed by atoms with E-state index in [0.717, 1.165) is 39.0 Å². The summed E-state index contributed by atoms with van der Waals surface area (Å²) in [4.78, 5) is 26.5. The van der Waals surface area contributed by atoms with Crippen LogP contribution in [0.4, 0.5) is 5.95 Å². The molecule has 0 aliphatic carbocycles. The van der Waals surface area contributed by atoms with Gasteiger partial charge in [0.2, 0.25) is 5.95 Å². The van der Waals surface area contributed by atoms with Crippen LogP contribution in [-0.4, -0.2) is 51.8 Å². The van der Waals surface area contributed by atoms with Crippen LogP contribution in [-0.2, 0) is 4.74 Å². The molecule has 7 nitrogen and oxygen atoms in total. The third-order valence-corrected chi connectivity index (χ3v) is 4.13. The molecule has 0 amide bonds. The van der Waals surface area contributed by atoms with E-state index in [1.54, 1.807) is 12.3 Å². The third-order valence-electron chi connectivity index (χ3n) is 4.13. The van der Waals surface area contributed by atoms with Gasteiger partial charge in [-0.05, 0) is 37.5 Å². The minimum Gasteiger partial charge on any atom is -0.478 e. The van der Waals surface area contributed by atoms with E-state index in [1.165, 1.54) is 18.3 Å². The number of piperidine rings is 1. The van der Waals surface area contributed by atoms with E-state index in [-0.39, 0.29) is 11.7 Å². The maximum absolute atomic E-state index is 11.1. The normalized spacial score (nSPS) is 17.5. The van der Waals surface area contributed by atoms with Crippen LogP contribution < -0.4 is 4.90 Å². The highest BCUT2D eigenvalue weighted by Gasteiger charge is 2.22. The molecule has 132 valence electrons. The van der Waals surface area contributed by atoms with E-state index in [9.17, 15) is 4.79 Å². The fourth-order valence-electron chi connectivity index (χ4n) is 2.89. The molecule has 0 spiro atoms. The average molecular weight is 342 g/mol. The van der Waals surface area contributed by atoms with Crippen LogP contribution in [0.25, 0.3) is 11.4 Å². The van der Waals surface area contributed by atoms with Gasteiger partial charge in [-0.25, -0.2) is 14.8 Å². The van der Waals surface area contributed by atoms with Crippen molar-refractivity contribution in [3.05, 3.63) is 36.2 Å². The lowest BCUT2D eigenvalue weighted by atomic mass is 10.1. The molecular weight excluding hydrogens is 320 g/mol. The SMILES string of the molecule is CCCOC1CCCN(c2nccc(-c3cc(C(=O)O)ccn3)n2)C1. The van der Waals surface area contributed by atoms with Crippen molar-refractivity contribution >= 4 is 11.9 Å². The number of pyridine rings is 1. The maximum atomic E-state index is 11.1. The first kappa shape index (κ1) is 17.3. The molecule has 0 aromatic carbocycles. The minimum absolute atomic E-state index is 0.191. The van der Waals surface area contributed by atoms with Crippen LogP contribution in [0.1, 0.15) is 36.5 Å². The third kappa shape index (κ3) is 4.30. The summed E-state index contributed by atoms with van der Waals surface area (Å²) in [7, 11) is 0. The number of ether oxygens (including phenoxy) is 1. The molecule has 1 unspecified atom stereocenters. The molecule has 2 aromatic rings. The second-order valence-electron chi connectivity index (χ2n) is 6.06. The van der Waals surface area contributed by atoms with Gasteiger partial charge in [0.15, 0.2) is 0 Å². The lowest BCUT2D eigenvalue weighted by Gasteiger charge is -2.32. The second kappa shape index (κ2) is 8.02. The fourth-order valence-corrected chi connectivity index (χ4v) is 2.89. The zero-order valence-corrected chi connectivity index (χ0v) is 14.3. The minimum atomic E-state index is -0.982. The van der Waals surface area contributed by atoms with Crippen LogP contribution >= 0.6 is 0 Å². The Morgan fingerprint density at radius 1 is 1.32 bits per heavy atom. The zero-order valence-electron chi connectivity index (χ0n) is 14.3. The Hall–Kier alpha value is -2.54. The Bertz CT molecular complexity index is 738. The van der Waals surface area contributed by atoms with Gasteiger partial charge in [0.1, 0.15) is 0 Å². The number of carbonyl (C=O) groups is 1. The monoisotopic (exact) mass is 342 g/mol. The molecule has 2 aromatic heterocycles. The molecule has 7 heteroatoms. The van der Waals surface area contributed by atoms with Crippen molar-refractivity contribution in [2.45, 2.75) is 32.3 Å². The van der Waals surface area contributed by atoms with Crippen LogP contribution in [0, 0.1) is 0 Å². The van der Waals surface area contributed by atoms with E-state index in [2.05, 4.69) is 26.8 Å². The van der Waals surface area contributed by atoms with Gasteiger partial charge in [-0.15, -0.1) is 0 Å². The van der Waals surface area contributed by atoms with Crippen molar-refractivity contribution in [3.63, 3.8) is 0 Å². The van der Waals surface area contributed by atoms with Gasteiger partial charge in [-0.1, -0.05) is 6.92 Å². The van der Waals surface area contributed by atoms with Crippen LogP contribution in [0.5, 0.6) is 0 Å². The number of aromatic carboxylic acids is 1. The number of nitrogens with zero attached hydrogens (tertiary/aromatic N) is 4.